The first-order valence-electron chi connectivity index (χ1n) is 4.44. The van der Waals surface area contributed by atoms with Crippen molar-refractivity contribution in [3.63, 3.8) is 0 Å². The molecule has 0 amide bonds. The van der Waals surface area contributed by atoms with Crippen LogP contribution in [0.2, 0.25) is 0 Å². The molecule has 0 saturated carbocycles. The Hall–Kier alpha value is -1.05. The number of aryl methyl sites for hydroxylation is 1. The molecule has 0 bridgehead atoms. The fourth-order valence-electron chi connectivity index (χ4n) is 1.15. The van der Waals surface area contributed by atoms with Crippen LogP contribution in [0.1, 0.15) is 26.1 Å². The van der Waals surface area contributed by atoms with Crippen LogP contribution in [0, 0.1) is 0 Å². The van der Waals surface area contributed by atoms with E-state index in [-0.39, 0.29) is 0 Å². The predicted octanol–water partition coefficient (Wildman–Crippen LogP) is 2.41. The van der Waals surface area contributed by atoms with Crippen molar-refractivity contribution in [1.82, 2.24) is 9.55 Å². The number of imidazole rings is 1. The van der Waals surface area contributed by atoms with Gasteiger partial charge in [0.2, 0.25) is 0 Å². The zero-order valence-corrected chi connectivity index (χ0v) is 7.88. The van der Waals surface area contributed by atoms with Gasteiger partial charge in [-0.15, -0.1) is 0 Å². The third-order valence-electron chi connectivity index (χ3n) is 2.01. The summed E-state index contributed by atoms with van der Waals surface area (Å²) >= 11 is 0. The van der Waals surface area contributed by atoms with Crippen molar-refractivity contribution in [2.75, 3.05) is 0 Å². The fourth-order valence-corrected chi connectivity index (χ4v) is 1.15. The number of hydrogen-bond acceptors (Lipinski definition) is 1. The van der Waals surface area contributed by atoms with E-state index in [1.807, 2.05) is 12.4 Å². The maximum Gasteiger partial charge on any atom is 0.108 e. The topological polar surface area (TPSA) is 17.8 Å². The Morgan fingerprint density at radius 1 is 1.58 bits per heavy atom. The molecule has 0 radical (unpaired) electrons. The first-order chi connectivity index (χ1) is 5.77. The number of rotatable bonds is 4. The molecule has 2 heteroatoms. The standard InChI is InChI=1S/C10H16N2/c1-4-9(3)8-12-7-6-11-10(12)5-2/h6-7H,3-5,8H2,1-2H3. The molecular formula is C10H16N2. The van der Waals surface area contributed by atoms with Gasteiger partial charge in [-0.2, -0.15) is 0 Å². The lowest BCUT2D eigenvalue weighted by Gasteiger charge is -2.06. The molecular weight excluding hydrogens is 148 g/mol. The molecule has 2 nitrogen and oxygen atoms in total. The third kappa shape index (κ3) is 1.97. The summed E-state index contributed by atoms with van der Waals surface area (Å²) in [6.45, 7) is 9.14. The lowest BCUT2D eigenvalue weighted by molar-refractivity contribution is 0.707. The van der Waals surface area contributed by atoms with Crippen molar-refractivity contribution in [3.8, 4) is 0 Å². The van der Waals surface area contributed by atoms with E-state index in [1.54, 1.807) is 0 Å². The summed E-state index contributed by atoms with van der Waals surface area (Å²) in [5.41, 5.74) is 1.25. The van der Waals surface area contributed by atoms with E-state index in [9.17, 15) is 0 Å². The fraction of sp³-hybridized carbons (Fsp3) is 0.500. The summed E-state index contributed by atoms with van der Waals surface area (Å²) in [5.74, 6) is 1.14. The Balaban J connectivity index is 2.68. The van der Waals surface area contributed by atoms with E-state index in [0.29, 0.717) is 0 Å². The highest BCUT2D eigenvalue weighted by atomic mass is 15.1. The monoisotopic (exact) mass is 164 g/mol. The lowest BCUT2D eigenvalue weighted by Crippen LogP contribution is -2.03. The van der Waals surface area contributed by atoms with E-state index in [0.717, 1.165) is 25.2 Å². The summed E-state index contributed by atoms with van der Waals surface area (Å²) in [4.78, 5) is 4.24. The quantitative estimate of drug-likeness (QED) is 0.625. The predicted molar refractivity (Wildman–Crippen MR) is 51.0 cm³/mol. The molecule has 0 spiro atoms. The zero-order chi connectivity index (χ0) is 8.97. The molecule has 0 aliphatic carbocycles. The number of aromatic nitrogens is 2. The Morgan fingerprint density at radius 2 is 2.33 bits per heavy atom. The molecule has 1 heterocycles. The summed E-state index contributed by atoms with van der Waals surface area (Å²) < 4.78 is 2.16. The minimum atomic E-state index is 0.916. The Labute approximate surface area is 73.9 Å². The van der Waals surface area contributed by atoms with Crippen LogP contribution in [-0.2, 0) is 13.0 Å². The molecule has 0 unspecified atom stereocenters. The first kappa shape index (κ1) is 9.04. The Kier molecular flexibility index (Phi) is 3.09. The van der Waals surface area contributed by atoms with Gasteiger partial charge in [0.1, 0.15) is 5.82 Å². The van der Waals surface area contributed by atoms with Crippen molar-refractivity contribution in [2.24, 2.45) is 0 Å². The summed E-state index contributed by atoms with van der Waals surface area (Å²) in [7, 11) is 0. The SMILES string of the molecule is C=C(CC)Cn1ccnc1CC. The van der Waals surface area contributed by atoms with Gasteiger partial charge in [-0.25, -0.2) is 4.98 Å². The van der Waals surface area contributed by atoms with Gasteiger partial charge < -0.3 is 4.57 Å². The van der Waals surface area contributed by atoms with Gasteiger partial charge in [0.15, 0.2) is 0 Å². The van der Waals surface area contributed by atoms with Crippen LogP contribution >= 0.6 is 0 Å². The van der Waals surface area contributed by atoms with E-state index in [1.165, 1.54) is 5.57 Å². The maximum atomic E-state index is 4.24. The molecule has 0 atom stereocenters. The molecule has 66 valence electrons. The van der Waals surface area contributed by atoms with Gasteiger partial charge in [0, 0.05) is 25.4 Å². The zero-order valence-electron chi connectivity index (χ0n) is 7.88. The van der Waals surface area contributed by atoms with E-state index >= 15 is 0 Å². The minimum absolute atomic E-state index is 0.916. The van der Waals surface area contributed by atoms with Crippen LogP contribution in [0.4, 0.5) is 0 Å². The van der Waals surface area contributed by atoms with Crippen LogP contribution in [-0.4, -0.2) is 9.55 Å². The number of nitrogens with zero attached hydrogens (tertiary/aromatic N) is 2. The molecule has 0 N–H and O–H groups in total. The average molecular weight is 164 g/mol. The van der Waals surface area contributed by atoms with E-state index in [4.69, 9.17) is 0 Å². The highest BCUT2D eigenvalue weighted by Crippen LogP contribution is 2.05. The van der Waals surface area contributed by atoms with Crippen LogP contribution < -0.4 is 0 Å². The molecule has 1 aromatic heterocycles. The van der Waals surface area contributed by atoms with Gasteiger partial charge in [-0.05, 0) is 6.42 Å². The van der Waals surface area contributed by atoms with Gasteiger partial charge in [0.25, 0.3) is 0 Å². The van der Waals surface area contributed by atoms with Crippen LogP contribution in [0.5, 0.6) is 0 Å². The van der Waals surface area contributed by atoms with Crippen molar-refractivity contribution >= 4 is 0 Å². The molecule has 1 rings (SSSR count). The highest BCUT2D eigenvalue weighted by molar-refractivity contribution is 4.99. The normalized spacial score (nSPS) is 10.2. The smallest absolute Gasteiger partial charge is 0.108 e. The lowest BCUT2D eigenvalue weighted by atomic mass is 10.2. The summed E-state index contributed by atoms with van der Waals surface area (Å²) in [5, 5.41) is 0. The molecule has 1 aromatic rings. The van der Waals surface area contributed by atoms with Crippen molar-refractivity contribution in [1.29, 1.82) is 0 Å². The Morgan fingerprint density at radius 3 is 2.92 bits per heavy atom. The molecule has 0 aliphatic heterocycles. The third-order valence-corrected chi connectivity index (χ3v) is 2.01. The van der Waals surface area contributed by atoms with E-state index in [2.05, 4.69) is 30.0 Å². The van der Waals surface area contributed by atoms with Gasteiger partial charge in [-0.3, -0.25) is 0 Å². The maximum absolute atomic E-state index is 4.24. The van der Waals surface area contributed by atoms with Gasteiger partial charge in [-0.1, -0.05) is 26.0 Å². The second-order valence-corrected chi connectivity index (χ2v) is 2.93. The van der Waals surface area contributed by atoms with Gasteiger partial charge >= 0.3 is 0 Å². The largest absolute Gasteiger partial charge is 0.331 e. The molecule has 0 saturated heterocycles. The second-order valence-electron chi connectivity index (χ2n) is 2.93. The highest BCUT2D eigenvalue weighted by Gasteiger charge is 1.99. The van der Waals surface area contributed by atoms with Crippen LogP contribution in [0.15, 0.2) is 24.5 Å². The Bertz CT molecular complexity index is 261. The molecule has 12 heavy (non-hydrogen) atoms. The molecule has 0 fully saturated rings. The second kappa shape index (κ2) is 4.10. The number of allylic oxidation sites excluding steroid dienone is 1. The molecule has 0 aliphatic rings. The number of hydrogen-bond donors (Lipinski definition) is 0. The summed E-state index contributed by atoms with van der Waals surface area (Å²) in [6, 6.07) is 0. The van der Waals surface area contributed by atoms with Crippen molar-refractivity contribution in [3.05, 3.63) is 30.4 Å². The van der Waals surface area contributed by atoms with Crippen molar-refractivity contribution < 1.29 is 0 Å². The average Bonchev–Trinajstić information content (AvgIpc) is 2.51. The van der Waals surface area contributed by atoms with Crippen LogP contribution in [0.25, 0.3) is 0 Å². The summed E-state index contributed by atoms with van der Waals surface area (Å²) in [6.07, 6.45) is 5.90. The minimum Gasteiger partial charge on any atom is -0.331 e. The first-order valence-corrected chi connectivity index (χ1v) is 4.44. The van der Waals surface area contributed by atoms with Crippen molar-refractivity contribution in [2.45, 2.75) is 33.2 Å². The molecule has 0 aromatic carbocycles. The van der Waals surface area contributed by atoms with Gasteiger partial charge in [0.05, 0.1) is 0 Å². The van der Waals surface area contributed by atoms with E-state index < -0.39 is 0 Å². The van der Waals surface area contributed by atoms with Crippen LogP contribution in [0.3, 0.4) is 0 Å².